The zero-order valence-corrected chi connectivity index (χ0v) is 11.7. The van der Waals surface area contributed by atoms with E-state index in [9.17, 15) is 0 Å². The normalized spacial score (nSPS) is 14.8. The molecule has 2 aromatic carbocycles. The predicted molar refractivity (Wildman–Crippen MR) is 83.4 cm³/mol. The van der Waals surface area contributed by atoms with Gasteiger partial charge in [-0.05, 0) is 42.6 Å². The van der Waals surface area contributed by atoms with Gasteiger partial charge in [0.2, 0.25) is 0 Å². The van der Waals surface area contributed by atoms with Crippen molar-refractivity contribution in [3.63, 3.8) is 0 Å². The first-order valence-corrected chi connectivity index (χ1v) is 7.25. The molecule has 0 radical (unpaired) electrons. The molecule has 1 aliphatic rings. The van der Waals surface area contributed by atoms with Gasteiger partial charge in [0, 0.05) is 12.1 Å². The topological polar surface area (TPSA) is 3.24 Å². The van der Waals surface area contributed by atoms with Crippen molar-refractivity contribution in [2.75, 3.05) is 13.1 Å². The van der Waals surface area contributed by atoms with Gasteiger partial charge in [0.25, 0.3) is 0 Å². The molecule has 0 aromatic heterocycles. The molecular weight excluding hydrogens is 242 g/mol. The van der Waals surface area contributed by atoms with Crippen molar-refractivity contribution in [2.24, 2.45) is 0 Å². The van der Waals surface area contributed by atoms with E-state index in [0.717, 1.165) is 25.2 Å². The van der Waals surface area contributed by atoms with Gasteiger partial charge in [-0.25, -0.2) is 0 Å². The molecule has 1 heteroatoms. The number of nitrogens with zero attached hydrogens (tertiary/aromatic N) is 1. The van der Waals surface area contributed by atoms with Gasteiger partial charge in [-0.1, -0.05) is 54.3 Å². The number of benzene rings is 2. The second-order valence-electron chi connectivity index (χ2n) is 5.25. The van der Waals surface area contributed by atoms with Crippen LogP contribution in [0.5, 0.6) is 0 Å². The standard InChI is InChI=1S/C19H19N/c1-2-8-17(9-3-1)10-6-14-20-15-7-13-18-11-4-5-12-19(18)16-20/h1-5,8-9,11-12H,7,13-16H2. The molecule has 0 fully saturated rings. The summed E-state index contributed by atoms with van der Waals surface area (Å²) >= 11 is 0. The van der Waals surface area contributed by atoms with Crippen molar-refractivity contribution in [3.05, 3.63) is 71.3 Å². The number of hydrogen-bond acceptors (Lipinski definition) is 1. The lowest BCUT2D eigenvalue weighted by Gasteiger charge is -2.16. The van der Waals surface area contributed by atoms with Crippen molar-refractivity contribution < 1.29 is 0 Å². The third-order valence-corrected chi connectivity index (χ3v) is 3.74. The third-order valence-electron chi connectivity index (χ3n) is 3.74. The average Bonchev–Trinajstić information content (AvgIpc) is 2.70. The van der Waals surface area contributed by atoms with E-state index in [0.29, 0.717) is 0 Å². The molecule has 0 spiro atoms. The largest absolute Gasteiger partial charge is 0.288 e. The van der Waals surface area contributed by atoms with Crippen LogP contribution in [0.1, 0.15) is 23.1 Å². The summed E-state index contributed by atoms with van der Waals surface area (Å²) in [5.74, 6) is 6.55. The van der Waals surface area contributed by atoms with Crippen LogP contribution < -0.4 is 0 Å². The molecular formula is C19H19N. The zero-order chi connectivity index (χ0) is 13.6. The van der Waals surface area contributed by atoms with Crippen LogP contribution in [0.15, 0.2) is 54.6 Å². The average molecular weight is 261 g/mol. The van der Waals surface area contributed by atoms with Crippen LogP contribution in [0.4, 0.5) is 0 Å². The summed E-state index contributed by atoms with van der Waals surface area (Å²) < 4.78 is 0. The Kier molecular flexibility index (Phi) is 4.16. The van der Waals surface area contributed by atoms with Gasteiger partial charge in [-0.15, -0.1) is 0 Å². The Bertz CT molecular complexity index is 619. The Labute approximate surface area is 121 Å². The van der Waals surface area contributed by atoms with Gasteiger partial charge in [0.05, 0.1) is 6.54 Å². The van der Waals surface area contributed by atoms with Gasteiger partial charge in [-0.3, -0.25) is 4.90 Å². The van der Waals surface area contributed by atoms with E-state index >= 15 is 0 Å². The lowest BCUT2D eigenvalue weighted by atomic mass is 10.0. The van der Waals surface area contributed by atoms with Gasteiger partial charge < -0.3 is 0 Å². The second-order valence-corrected chi connectivity index (χ2v) is 5.25. The molecule has 0 saturated heterocycles. The van der Waals surface area contributed by atoms with Crippen LogP contribution in [0.3, 0.4) is 0 Å². The van der Waals surface area contributed by atoms with Crippen molar-refractivity contribution >= 4 is 0 Å². The fourth-order valence-electron chi connectivity index (χ4n) is 2.68. The number of fused-ring (bicyclic) bond motifs is 1. The summed E-state index contributed by atoms with van der Waals surface area (Å²) in [6, 6.07) is 19.0. The molecule has 0 amide bonds. The summed E-state index contributed by atoms with van der Waals surface area (Å²) in [4.78, 5) is 2.45. The SMILES string of the molecule is C(#Cc1ccccc1)CN1CCCc2ccccc2C1. The molecule has 1 heterocycles. The molecule has 20 heavy (non-hydrogen) atoms. The minimum absolute atomic E-state index is 0.850. The molecule has 0 N–H and O–H groups in total. The predicted octanol–water partition coefficient (Wildman–Crippen LogP) is 3.49. The lowest BCUT2D eigenvalue weighted by Crippen LogP contribution is -2.23. The highest BCUT2D eigenvalue weighted by molar-refractivity contribution is 5.34. The van der Waals surface area contributed by atoms with Gasteiger partial charge in [0.15, 0.2) is 0 Å². The number of rotatable bonds is 1. The molecule has 0 saturated carbocycles. The van der Waals surface area contributed by atoms with E-state index in [-0.39, 0.29) is 0 Å². The second kappa shape index (κ2) is 6.41. The maximum Gasteiger partial charge on any atom is 0.0608 e. The van der Waals surface area contributed by atoms with E-state index in [4.69, 9.17) is 0 Å². The Morgan fingerprint density at radius 3 is 2.50 bits per heavy atom. The minimum Gasteiger partial charge on any atom is -0.288 e. The van der Waals surface area contributed by atoms with E-state index in [1.807, 2.05) is 18.2 Å². The molecule has 2 aromatic rings. The van der Waals surface area contributed by atoms with Crippen LogP contribution in [-0.4, -0.2) is 18.0 Å². The first-order chi connectivity index (χ1) is 9.92. The van der Waals surface area contributed by atoms with Crippen molar-refractivity contribution in [1.82, 2.24) is 4.90 Å². The van der Waals surface area contributed by atoms with Crippen LogP contribution >= 0.6 is 0 Å². The zero-order valence-electron chi connectivity index (χ0n) is 11.7. The Balaban J connectivity index is 1.66. The highest BCUT2D eigenvalue weighted by Gasteiger charge is 2.12. The van der Waals surface area contributed by atoms with Crippen molar-refractivity contribution in [3.8, 4) is 11.8 Å². The quantitative estimate of drug-likeness (QED) is 0.710. The lowest BCUT2D eigenvalue weighted by molar-refractivity contribution is 0.304. The maximum absolute atomic E-state index is 3.31. The molecule has 1 nitrogen and oxygen atoms in total. The van der Waals surface area contributed by atoms with E-state index in [1.54, 1.807) is 0 Å². The summed E-state index contributed by atoms with van der Waals surface area (Å²) in [6.45, 7) is 3.01. The van der Waals surface area contributed by atoms with E-state index < -0.39 is 0 Å². The van der Waals surface area contributed by atoms with Gasteiger partial charge >= 0.3 is 0 Å². The van der Waals surface area contributed by atoms with Gasteiger partial charge in [-0.2, -0.15) is 0 Å². The van der Waals surface area contributed by atoms with Crippen molar-refractivity contribution in [1.29, 1.82) is 0 Å². The smallest absolute Gasteiger partial charge is 0.0608 e. The van der Waals surface area contributed by atoms with Crippen LogP contribution in [0.2, 0.25) is 0 Å². The van der Waals surface area contributed by atoms with Crippen LogP contribution in [-0.2, 0) is 13.0 Å². The fraction of sp³-hybridized carbons (Fsp3) is 0.263. The van der Waals surface area contributed by atoms with Crippen LogP contribution in [0.25, 0.3) is 0 Å². The Morgan fingerprint density at radius 2 is 1.65 bits per heavy atom. The first-order valence-electron chi connectivity index (χ1n) is 7.25. The fourth-order valence-corrected chi connectivity index (χ4v) is 2.68. The first kappa shape index (κ1) is 13.0. The molecule has 100 valence electrons. The summed E-state index contributed by atoms with van der Waals surface area (Å²) in [5.41, 5.74) is 4.07. The highest BCUT2D eigenvalue weighted by atomic mass is 15.1. The molecule has 1 aliphatic heterocycles. The summed E-state index contributed by atoms with van der Waals surface area (Å²) in [5, 5.41) is 0. The summed E-state index contributed by atoms with van der Waals surface area (Å²) in [7, 11) is 0. The van der Waals surface area contributed by atoms with Crippen molar-refractivity contribution in [2.45, 2.75) is 19.4 Å². The maximum atomic E-state index is 3.31. The monoisotopic (exact) mass is 261 g/mol. The number of hydrogen-bond donors (Lipinski definition) is 0. The van der Waals surface area contributed by atoms with Gasteiger partial charge in [0.1, 0.15) is 0 Å². The molecule has 0 bridgehead atoms. The highest BCUT2D eigenvalue weighted by Crippen LogP contribution is 2.17. The molecule has 0 unspecified atom stereocenters. The molecule has 0 aliphatic carbocycles. The van der Waals surface area contributed by atoms with E-state index in [1.165, 1.54) is 24.0 Å². The number of aryl methyl sites for hydroxylation is 1. The van der Waals surface area contributed by atoms with E-state index in [2.05, 4.69) is 53.1 Å². The molecule has 0 atom stereocenters. The Morgan fingerprint density at radius 1 is 0.900 bits per heavy atom. The summed E-state index contributed by atoms with van der Waals surface area (Å²) in [6.07, 6.45) is 2.42. The van der Waals surface area contributed by atoms with Crippen LogP contribution in [0, 0.1) is 11.8 Å². The Hall–Kier alpha value is -2.04. The molecule has 3 rings (SSSR count). The minimum atomic E-state index is 0.850. The third kappa shape index (κ3) is 3.29.